The highest BCUT2D eigenvalue weighted by molar-refractivity contribution is 6.17. The van der Waals surface area contributed by atoms with E-state index in [9.17, 15) is 4.79 Å². The lowest BCUT2D eigenvalue weighted by Crippen LogP contribution is -2.31. The fraction of sp³-hybridized carbons (Fsp3) is 0.929. The van der Waals surface area contributed by atoms with Crippen LogP contribution in [0.15, 0.2) is 0 Å². The maximum atomic E-state index is 12.1. The van der Waals surface area contributed by atoms with Crippen molar-refractivity contribution < 1.29 is 4.79 Å². The first kappa shape index (κ1) is 13.2. The molecule has 3 atom stereocenters. The van der Waals surface area contributed by atoms with E-state index >= 15 is 0 Å². The molecule has 3 heteroatoms. The minimum atomic E-state index is 0.315. The number of fused-ring (bicyclic) bond motifs is 1. The van der Waals surface area contributed by atoms with Gasteiger partial charge in [0.1, 0.15) is 0 Å². The van der Waals surface area contributed by atoms with Gasteiger partial charge in [-0.15, -0.1) is 11.6 Å². The number of alkyl halides is 1. The summed E-state index contributed by atoms with van der Waals surface area (Å²) in [6, 6.07) is 0. The second-order valence-electron chi connectivity index (χ2n) is 5.64. The van der Waals surface area contributed by atoms with Crippen LogP contribution in [0.25, 0.3) is 0 Å². The summed E-state index contributed by atoms with van der Waals surface area (Å²) in [4.78, 5) is 12.1. The summed E-state index contributed by atoms with van der Waals surface area (Å²) < 4.78 is 0. The highest BCUT2D eigenvalue weighted by atomic mass is 35.5. The molecular weight excluding hydrogens is 234 g/mol. The average molecular weight is 258 g/mol. The Kier molecular flexibility index (Phi) is 4.72. The van der Waals surface area contributed by atoms with Crippen molar-refractivity contribution in [2.45, 2.75) is 45.4 Å². The number of hydrogen-bond acceptors (Lipinski definition) is 1. The van der Waals surface area contributed by atoms with Gasteiger partial charge in [-0.05, 0) is 37.0 Å². The molecule has 0 heterocycles. The van der Waals surface area contributed by atoms with E-state index in [0.717, 1.165) is 31.2 Å². The Morgan fingerprint density at radius 3 is 2.53 bits per heavy atom. The predicted octanol–water partition coefficient (Wildman–Crippen LogP) is 3.19. The van der Waals surface area contributed by atoms with Crippen LogP contribution in [0.5, 0.6) is 0 Å². The molecule has 1 amide bonds. The van der Waals surface area contributed by atoms with Crippen LogP contribution in [0.3, 0.4) is 0 Å². The molecule has 0 aliphatic heterocycles. The fourth-order valence-electron chi connectivity index (χ4n) is 3.35. The van der Waals surface area contributed by atoms with Crippen LogP contribution < -0.4 is 5.32 Å². The van der Waals surface area contributed by atoms with Gasteiger partial charge in [-0.3, -0.25) is 4.79 Å². The van der Waals surface area contributed by atoms with Gasteiger partial charge < -0.3 is 5.32 Å². The molecule has 0 bridgehead atoms. The van der Waals surface area contributed by atoms with Crippen molar-refractivity contribution in [3.63, 3.8) is 0 Å². The fourth-order valence-corrected chi connectivity index (χ4v) is 3.66. The lowest BCUT2D eigenvalue weighted by Gasteiger charge is -2.14. The molecule has 2 saturated carbocycles. The maximum Gasteiger partial charge on any atom is 0.223 e. The van der Waals surface area contributed by atoms with Crippen molar-refractivity contribution in [3.8, 4) is 0 Å². The highest BCUT2D eigenvalue weighted by Crippen LogP contribution is 2.55. The molecule has 3 unspecified atom stereocenters. The lowest BCUT2D eigenvalue weighted by atomic mass is 10.0. The molecule has 2 aliphatic carbocycles. The number of halogens is 1. The van der Waals surface area contributed by atoms with Gasteiger partial charge in [-0.25, -0.2) is 0 Å². The molecular formula is C14H24ClNO. The molecule has 17 heavy (non-hydrogen) atoms. The number of rotatable bonds is 6. The van der Waals surface area contributed by atoms with Gasteiger partial charge in [0.15, 0.2) is 0 Å². The molecule has 98 valence electrons. The quantitative estimate of drug-likeness (QED) is 0.728. The van der Waals surface area contributed by atoms with Crippen LogP contribution in [0.4, 0.5) is 0 Å². The average Bonchev–Trinajstić information content (AvgIpc) is 3.08. The number of carbonyl (C=O) groups excluding carboxylic acids is 1. The first-order valence-electron chi connectivity index (χ1n) is 7.11. The molecule has 0 radical (unpaired) electrons. The van der Waals surface area contributed by atoms with Gasteiger partial charge in [0.2, 0.25) is 5.91 Å². The molecule has 0 aromatic heterocycles. The molecule has 0 saturated heterocycles. The number of nitrogens with one attached hydrogen (secondary N) is 1. The zero-order valence-electron chi connectivity index (χ0n) is 10.8. The Morgan fingerprint density at radius 2 is 2.00 bits per heavy atom. The third-order valence-corrected chi connectivity index (χ3v) is 4.84. The van der Waals surface area contributed by atoms with Gasteiger partial charge in [-0.2, -0.15) is 0 Å². The standard InChI is InChI=1S/C14H24ClNO/c1-2-10(7-8-15)9-16-14(17)13-11-5-3-4-6-12(11)13/h10-13H,2-9H2,1H3,(H,16,17). The van der Waals surface area contributed by atoms with E-state index in [1.165, 1.54) is 25.7 Å². The monoisotopic (exact) mass is 257 g/mol. The minimum absolute atomic E-state index is 0.315. The predicted molar refractivity (Wildman–Crippen MR) is 71.1 cm³/mol. The van der Waals surface area contributed by atoms with E-state index < -0.39 is 0 Å². The van der Waals surface area contributed by atoms with E-state index in [0.29, 0.717) is 23.6 Å². The van der Waals surface area contributed by atoms with Gasteiger partial charge in [0.25, 0.3) is 0 Å². The lowest BCUT2D eigenvalue weighted by molar-refractivity contribution is -0.123. The van der Waals surface area contributed by atoms with Gasteiger partial charge >= 0.3 is 0 Å². The summed E-state index contributed by atoms with van der Waals surface area (Å²) in [5.41, 5.74) is 0. The van der Waals surface area contributed by atoms with Gasteiger partial charge in [0.05, 0.1) is 0 Å². The van der Waals surface area contributed by atoms with Crippen molar-refractivity contribution in [2.24, 2.45) is 23.7 Å². The molecule has 2 fully saturated rings. The molecule has 0 aromatic carbocycles. The Bertz CT molecular complexity index is 257. The second-order valence-corrected chi connectivity index (χ2v) is 6.01. The summed E-state index contributed by atoms with van der Waals surface area (Å²) in [5, 5.41) is 3.14. The smallest absolute Gasteiger partial charge is 0.223 e. The van der Waals surface area contributed by atoms with Crippen molar-refractivity contribution in [1.29, 1.82) is 0 Å². The first-order valence-corrected chi connectivity index (χ1v) is 7.65. The Balaban J connectivity index is 1.71. The van der Waals surface area contributed by atoms with Crippen LogP contribution in [0.2, 0.25) is 0 Å². The van der Waals surface area contributed by atoms with Crippen LogP contribution in [0, 0.1) is 23.7 Å². The summed E-state index contributed by atoms with van der Waals surface area (Å²) in [6.07, 6.45) is 7.33. The van der Waals surface area contributed by atoms with Crippen molar-refractivity contribution in [1.82, 2.24) is 5.32 Å². The molecule has 2 rings (SSSR count). The third-order valence-electron chi connectivity index (χ3n) is 4.62. The van der Waals surface area contributed by atoms with Crippen LogP contribution in [-0.2, 0) is 4.79 Å². The Labute approximate surface area is 109 Å². The molecule has 0 aromatic rings. The Hall–Kier alpha value is -0.240. The summed E-state index contributed by atoms with van der Waals surface area (Å²) in [5.74, 6) is 3.36. The summed E-state index contributed by atoms with van der Waals surface area (Å²) in [6.45, 7) is 2.98. The summed E-state index contributed by atoms with van der Waals surface area (Å²) >= 11 is 5.75. The first-order chi connectivity index (χ1) is 8.27. The SMILES string of the molecule is CCC(CCCl)CNC(=O)C1C2CCCCC21. The number of amides is 1. The van der Waals surface area contributed by atoms with Gasteiger partial charge in [-0.1, -0.05) is 26.2 Å². The third kappa shape index (κ3) is 3.15. The largest absolute Gasteiger partial charge is 0.356 e. The van der Waals surface area contributed by atoms with E-state index in [4.69, 9.17) is 11.6 Å². The van der Waals surface area contributed by atoms with E-state index in [1.54, 1.807) is 0 Å². The van der Waals surface area contributed by atoms with Crippen LogP contribution >= 0.6 is 11.6 Å². The summed E-state index contributed by atoms with van der Waals surface area (Å²) in [7, 11) is 0. The van der Waals surface area contributed by atoms with E-state index in [2.05, 4.69) is 12.2 Å². The Morgan fingerprint density at radius 1 is 1.35 bits per heavy atom. The number of carbonyl (C=O) groups is 1. The van der Waals surface area contributed by atoms with E-state index in [1.807, 2.05) is 0 Å². The topological polar surface area (TPSA) is 29.1 Å². The highest BCUT2D eigenvalue weighted by Gasteiger charge is 2.54. The number of hydrogen-bond donors (Lipinski definition) is 1. The van der Waals surface area contributed by atoms with Crippen LogP contribution in [0.1, 0.15) is 45.4 Å². The molecule has 2 aliphatic rings. The zero-order valence-corrected chi connectivity index (χ0v) is 11.5. The normalized spacial score (nSPS) is 32.7. The van der Waals surface area contributed by atoms with Crippen molar-refractivity contribution >= 4 is 17.5 Å². The molecule has 1 N–H and O–H groups in total. The molecule has 2 nitrogen and oxygen atoms in total. The van der Waals surface area contributed by atoms with Crippen molar-refractivity contribution in [3.05, 3.63) is 0 Å². The minimum Gasteiger partial charge on any atom is -0.356 e. The van der Waals surface area contributed by atoms with Gasteiger partial charge in [0, 0.05) is 18.3 Å². The maximum absolute atomic E-state index is 12.1. The van der Waals surface area contributed by atoms with Crippen LogP contribution in [-0.4, -0.2) is 18.3 Å². The van der Waals surface area contributed by atoms with Crippen molar-refractivity contribution in [2.75, 3.05) is 12.4 Å². The molecule has 0 spiro atoms. The van der Waals surface area contributed by atoms with E-state index in [-0.39, 0.29) is 0 Å². The zero-order chi connectivity index (χ0) is 12.3. The second kappa shape index (κ2) is 6.08.